The monoisotopic (exact) mass is 414 g/mol. The summed E-state index contributed by atoms with van der Waals surface area (Å²) in [5, 5.41) is 3.29. The lowest BCUT2D eigenvalue weighted by atomic mass is 9.94. The number of rotatable bonds is 4. The molecule has 1 aliphatic heterocycles. The highest BCUT2D eigenvalue weighted by atomic mass is 79.9. The van der Waals surface area contributed by atoms with E-state index in [4.69, 9.17) is 0 Å². The van der Waals surface area contributed by atoms with Crippen LogP contribution in [0.5, 0.6) is 0 Å². The molecule has 1 atom stereocenters. The van der Waals surface area contributed by atoms with Crippen molar-refractivity contribution in [3.8, 4) is 0 Å². The number of benzene rings is 1. The number of nitrogens with one attached hydrogen (secondary N) is 1. The van der Waals surface area contributed by atoms with Crippen molar-refractivity contribution in [2.45, 2.75) is 32.5 Å². The van der Waals surface area contributed by atoms with Crippen LogP contribution in [-0.2, 0) is 6.18 Å². The van der Waals surface area contributed by atoms with E-state index in [9.17, 15) is 13.2 Å². The predicted molar refractivity (Wildman–Crippen MR) is 93.0 cm³/mol. The summed E-state index contributed by atoms with van der Waals surface area (Å²) < 4.78 is 39.7. The van der Waals surface area contributed by atoms with Gasteiger partial charge in [-0.05, 0) is 36.1 Å². The van der Waals surface area contributed by atoms with Crippen molar-refractivity contribution in [2.24, 2.45) is 5.92 Å². The summed E-state index contributed by atoms with van der Waals surface area (Å²) in [4.78, 5) is 2.29. The Morgan fingerprint density at radius 1 is 1.17 bits per heavy atom. The second-order valence-electron chi connectivity index (χ2n) is 6.20. The number of piperazine rings is 1. The van der Waals surface area contributed by atoms with E-state index in [1.165, 1.54) is 6.07 Å². The van der Waals surface area contributed by atoms with Gasteiger partial charge in [-0.2, -0.15) is 13.2 Å². The van der Waals surface area contributed by atoms with Gasteiger partial charge in [-0.1, -0.05) is 29.8 Å². The molecule has 1 aromatic rings. The van der Waals surface area contributed by atoms with Crippen LogP contribution in [0.1, 0.15) is 37.4 Å². The molecule has 0 aromatic heterocycles. The number of halogens is 5. The van der Waals surface area contributed by atoms with Crippen molar-refractivity contribution < 1.29 is 13.2 Å². The molecule has 1 aliphatic rings. The van der Waals surface area contributed by atoms with Crippen molar-refractivity contribution in [1.82, 2.24) is 10.2 Å². The molecule has 1 heterocycles. The van der Waals surface area contributed by atoms with Crippen LogP contribution in [0.15, 0.2) is 22.7 Å². The first-order valence-electron chi connectivity index (χ1n) is 7.60. The molecule has 2 rings (SSSR count). The number of hydrogen-bond donors (Lipinski definition) is 1. The fourth-order valence-corrected chi connectivity index (χ4v) is 3.42. The van der Waals surface area contributed by atoms with Crippen LogP contribution in [0.3, 0.4) is 0 Å². The topological polar surface area (TPSA) is 15.3 Å². The molecule has 0 spiro atoms. The third kappa shape index (κ3) is 5.93. The van der Waals surface area contributed by atoms with Gasteiger partial charge < -0.3 is 5.32 Å². The first-order chi connectivity index (χ1) is 10.3. The Morgan fingerprint density at radius 2 is 1.78 bits per heavy atom. The van der Waals surface area contributed by atoms with Crippen LogP contribution in [-0.4, -0.2) is 31.1 Å². The summed E-state index contributed by atoms with van der Waals surface area (Å²) >= 11 is 3.23. The van der Waals surface area contributed by atoms with E-state index in [0.717, 1.165) is 44.2 Å². The molecular weight excluding hydrogens is 393 g/mol. The molecule has 7 heteroatoms. The zero-order valence-electron chi connectivity index (χ0n) is 13.3. The smallest absolute Gasteiger partial charge is 0.314 e. The average molecular weight is 416 g/mol. The van der Waals surface area contributed by atoms with E-state index in [1.54, 1.807) is 0 Å². The molecule has 1 N–H and O–H groups in total. The molecule has 0 unspecified atom stereocenters. The molecule has 0 saturated carbocycles. The highest BCUT2D eigenvalue weighted by Crippen LogP contribution is 2.36. The molecule has 0 bridgehead atoms. The van der Waals surface area contributed by atoms with Crippen molar-refractivity contribution in [3.05, 3.63) is 33.8 Å². The molecule has 0 radical (unpaired) electrons. The van der Waals surface area contributed by atoms with Crippen LogP contribution in [0.25, 0.3) is 0 Å². The maximum atomic E-state index is 13.1. The average Bonchev–Trinajstić information content (AvgIpc) is 2.44. The standard InChI is InChI=1S/C16H22BrF3N2.ClH/c1-11(2)7-15(22-5-3-21-4-6-22)12-8-13(16(18,19)20)10-14(17)9-12;/h8-11,15,21H,3-7H2,1-2H3;1H/t15-;/m1./s1. The summed E-state index contributed by atoms with van der Waals surface area (Å²) in [6.07, 6.45) is -3.46. The summed E-state index contributed by atoms with van der Waals surface area (Å²) in [6, 6.07) is 4.30. The SMILES string of the molecule is CC(C)C[C@H](c1cc(Br)cc(C(F)(F)F)c1)N1CCNCC1.Cl. The van der Waals surface area contributed by atoms with Gasteiger partial charge in [-0.25, -0.2) is 0 Å². The lowest BCUT2D eigenvalue weighted by molar-refractivity contribution is -0.137. The van der Waals surface area contributed by atoms with E-state index in [1.807, 2.05) is 6.07 Å². The van der Waals surface area contributed by atoms with Gasteiger partial charge in [0.15, 0.2) is 0 Å². The van der Waals surface area contributed by atoms with Crippen molar-refractivity contribution >= 4 is 28.3 Å². The molecule has 0 amide bonds. The zero-order chi connectivity index (χ0) is 16.3. The second kappa shape index (κ2) is 8.70. The normalized spacial score (nSPS) is 17.9. The van der Waals surface area contributed by atoms with Crippen molar-refractivity contribution in [2.75, 3.05) is 26.2 Å². The minimum Gasteiger partial charge on any atom is -0.314 e. The van der Waals surface area contributed by atoms with Crippen LogP contribution < -0.4 is 5.32 Å². The first-order valence-corrected chi connectivity index (χ1v) is 8.39. The number of alkyl halides is 3. The van der Waals surface area contributed by atoms with Crippen LogP contribution in [0, 0.1) is 5.92 Å². The van der Waals surface area contributed by atoms with E-state index in [2.05, 4.69) is 40.0 Å². The van der Waals surface area contributed by atoms with E-state index < -0.39 is 11.7 Å². The molecule has 1 aromatic carbocycles. The third-order valence-corrected chi connectivity index (χ3v) is 4.38. The Labute approximate surface area is 150 Å². The first kappa shape index (κ1) is 20.7. The second-order valence-corrected chi connectivity index (χ2v) is 7.12. The minimum absolute atomic E-state index is 0. The third-order valence-electron chi connectivity index (χ3n) is 3.92. The number of hydrogen-bond acceptors (Lipinski definition) is 2. The molecule has 132 valence electrons. The Hall–Kier alpha value is -0.300. The molecule has 1 saturated heterocycles. The van der Waals surface area contributed by atoms with E-state index in [0.29, 0.717) is 10.4 Å². The van der Waals surface area contributed by atoms with Crippen LogP contribution in [0.2, 0.25) is 0 Å². The highest BCUT2D eigenvalue weighted by molar-refractivity contribution is 9.10. The molecule has 0 aliphatic carbocycles. The summed E-state index contributed by atoms with van der Waals surface area (Å²) in [6.45, 7) is 7.72. The fraction of sp³-hybridized carbons (Fsp3) is 0.625. The summed E-state index contributed by atoms with van der Waals surface area (Å²) in [5.74, 6) is 0.424. The van der Waals surface area contributed by atoms with E-state index in [-0.39, 0.29) is 18.4 Å². The van der Waals surface area contributed by atoms with Gasteiger partial charge >= 0.3 is 6.18 Å². The van der Waals surface area contributed by atoms with Gasteiger partial charge in [0.1, 0.15) is 0 Å². The Morgan fingerprint density at radius 3 is 2.30 bits per heavy atom. The molecule has 1 fully saturated rings. The Kier molecular flexibility index (Phi) is 7.84. The fourth-order valence-electron chi connectivity index (χ4n) is 2.90. The van der Waals surface area contributed by atoms with Crippen molar-refractivity contribution in [1.29, 1.82) is 0 Å². The minimum atomic E-state index is -4.32. The number of nitrogens with zero attached hydrogens (tertiary/aromatic N) is 1. The van der Waals surface area contributed by atoms with Gasteiger partial charge in [-0.3, -0.25) is 4.90 Å². The molecular formula is C16H23BrClF3N2. The van der Waals surface area contributed by atoms with Gasteiger partial charge in [0, 0.05) is 36.7 Å². The van der Waals surface area contributed by atoms with E-state index >= 15 is 0 Å². The van der Waals surface area contributed by atoms with Gasteiger partial charge in [-0.15, -0.1) is 12.4 Å². The zero-order valence-corrected chi connectivity index (χ0v) is 15.7. The lowest BCUT2D eigenvalue weighted by Crippen LogP contribution is -2.45. The quantitative estimate of drug-likeness (QED) is 0.754. The largest absolute Gasteiger partial charge is 0.416 e. The Bertz CT molecular complexity index is 503. The summed E-state index contributed by atoms with van der Waals surface area (Å²) in [7, 11) is 0. The van der Waals surface area contributed by atoms with Gasteiger partial charge in [0.05, 0.1) is 5.56 Å². The predicted octanol–water partition coefficient (Wildman–Crippen LogP) is 4.88. The molecule has 23 heavy (non-hydrogen) atoms. The van der Waals surface area contributed by atoms with Crippen molar-refractivity contribution in [3.63, 3.8) is 0 Å². The van der Waals surface area contributed by atoms with Gasteiger partial charge in [0.25, 0.3) is 0 Å². The van der Waals surface area contributed by atoms with Crippen LogP contribution in [0.4, 0.5) is 13.2 Å². The summed E-state index contributed by atoms with van der Waals surface area (Å²) in [5.41, 5.74) is 0.165. The maximum Gasteiger partial charge on any atom is 0.416 e. The van der Waals surface area contributed by atoms with Gasteiger partial charge in [0.2, 0.25) is 0 Å². The maximum absolute atomic E-state index is 13.1. The lowest BCUT2D eigenvalue weighted by Gasteiger charge is -2.36. The molecule has 2 nitrogen and oxygen atoms in total. The Balaban J connectivity index is 0.00000264. The highest BCUT2D eigenvalue weighted by Gasteiger charge is 2.32. The van der Waals surface area contributed by atoms with Crippen LogP contribution >= 0.6 is 28.3 Å².